The summed E-state index contributed by atoms with van der Waals surface area (Å²) in [6.07, 6.45) is 0. The van der Waals surface area contributed by atoms with Crippen LogP contribution in [0.15, 0.2) is 48.5 Å². The van der Waals surface area contributed by atoms with Crippen LogP contribution >= 0.6 is 11.3 Å². The van der Waals surface area contributed by atoms with Gasteiger partial charge < -0.3 is 4.98 Å². The molecule has 2 heterocycles. The van der Waals surface area contributed by atoms with Crippen molar-refractivity contribution in [3.63, 3.8) is 0 Å². The molecule has 2 heteroatoms. The van der Waals surface area contributed by atoms with Crippen molar-refractivity contribution in [3.8, 4) is 0 Å². The van der Waals surface area contributed by atoms with Gasteiger partial charge in [-0.25, -0.2) is 0 Å². The molecule has 3 aromatic carbocycles. The number of nitrogens with one attached hydrogen (secondary N) is 1. The average Bonchev–Trinajstić information content (AvgIpc) is 3.07. The molecule has 0 aliphatic carbocycles. The SMILES string of the molecule is Cc1cccc2c1[nH]c1c(C)cc3c4ccccc4sc3c12. The second-order valence-electron chi connectivity index (χ2n) is 6.04. The second kappa shape index (κ2) is 4.11. The van der Waals surface area contributed by atoms with Crippen LogP contribution in [-0.2, 0) is 0 Å². The summed E-state index contributed by atoms with van der Waals surface area (Å²) in [4.78, 5) is 3.66. The first-order valence-corrected chi connectivity index (χ1v) is 8.37. The van der Waals surface area contributed by atoms with E-state index in [1.165, 1.54) is 53.1 Å². The first kappa shape index (κ1) is 12.2. The molecule has 1 N–H and O–H groups in total. The van der Waals surface area contributed by atoms with E-state index in [0.717, 1.165) is 0 Å². The Morgan fingerprint density at radius 2 is 1.59 bits per heavy atom. The molecule has 5 aromatic rings. The van der Waals surface area contributed by atoms with Gasteiger partial charge >= 0.3 is 0 Å². The third kappa shape index (κ3) is 1.43. The topological polar surface area (TPSA) is 15.8 Å². The fourth-order valence-electron chi connectivity index (χ4n) is 3.58. The number of H-pyrrole nitrogens is 1. The fourth-order valence-corrected chi connectivity index (χ4v) is 4.83. The van der Waals surface area contributed by atoms with Crippen LogP contribution in [0.25, 0.3) is 42.0 Å². The Morgan fingerprint density at radius 3 is 2.50 bits per heavy atom. The monoisotopic (exact) mass is 301 g/mol. The normalized spacial score (nSPS) is 12.1. The molecule has 0 aliphatic heterocycles. The van der Waals surface area contributed by atoms with Gasteiger partial charge in [0.15, 0.2) is 0 Å². The molecule has 2 aromatic heterocycles. The Morgan fingerprint density at radius 1 is 0.773 bits per heavy atom. The van der Waals surface area contributed by atoms with Gasteiger partial charge in [0.05, 0.1) is 5.52 Å². The minimum absolute atomic E-state index is 1.27. The number of para-hydroxylation sites is 1. The van der Waals surface area contributed by atoms with Crippen LogP contribution in [0.4, 0.5) is 0 Å². The number of benzene rings is 3. The zero-order valence-corrected chi connectivity index (χ0v) is 13.3. The zero-order valence-electron chi connectivity index (χ0n) is 12.5. The van der Waals surface area contributed by atoms with Crippen molar-refractivity contribution in [1.82, 2.24) is 4.98 Å². The molecule has 0 saturated heterocycles. The lowest BCUT2D eigenvalue weighted by Gasteiger charge is -1.99. The number of thiophene rings is 1. The molecule has 0 unspecified atom stereocenters. The molecule has 0 aliphatic rings. The number of aromatic nitrogens is 1. The third-order valence-electron chi connectivity index (χ3n) is 4.66. The highest BCUT2D eigenvalue weighted by atomic mass is 32.1. The maximum absolute atomic E-state index is 3.66. The molecule has 0 fully saturated rings. The van der Waals surface area contributed by atoms with Crippen LogP contribution in [0.5, 0.6) is 0 Å². The van der Waals surface area contributed by atoms with Crippen molar-refractivity contribution in [2.75, 3.05) is 0 Å². The maximum Gasteiger partial charge on any atom is 0.0509 e. The molecular weight excluding hydrogens is 286 g/mol. The molecule has 0 spiro atoms. The van der Waals surface area contributed by atoms with Crippen LogP contribution in [0, 0.1) is 13.8 Å². The van der Waals surface area contributed by atoms with Crippen LogP contribution < -0.4 is 0 Å². The lowest BCUT2D eigenvalue weighted by molar-refractivity contribution is 1.43. The van der Waals surface area contributed by atoms with Crippen LogP contribution in [0.2, 0.25) is 0 Å². The summed E-state index contributed by atoms with van der Waals surface area (Å²) in [7, 11) is 0. The van der Waals surface area contributed by atoms with E-state index in [-0.39, 0.29) is 0 Å². The van der Waals surface area contributed by atoms with E-state index in [4.69, 9.17) is 0 Å². The predicted octanol–water partition coefficient (Wildman–Crippen LogP) is 6.31. The minimum Gasteiger partial charge on any atom is -0.354 e. The van der Waals surface area contributed by atoms with Crippen molar-refractivity contribution in [2.24, 2.45) is 0 Å². The minimum atomic E-state index is 1.27. The summed E-state index contributed by atoms with van der Waals surface area (Å²) >= 11 is 1.91. The van der Waals surface area contributed by atoms with E-state index in [1.54, 1.807) is 0 Å². The van der Waals surface area contributed by atoms with Gasteiger partial charge in [0.25, 0.3) is 0 Å². The number of rotatable bonds is 0. The Balaban J connectivity index is 2.16. The van der Waals surface area contributed by atoms with E-state index in [2.05, 4.69) is 67.4 Å². The van der Waals surface area contributed by atoms with Gasteiger partial charge in [-0.3, -0.25) is 0 Å². The van der Waals surface area contributed by atoms with Gasteiger partial charge in [-0.15, -0.1) is 11.3 Å². The number of aromatic amines is 1. The highest BCUT2D eigenvalue weighted by molar-refractivity contribution is 7.26. The summed E-state index contributed by atoms with van der Waals surface area (Å²) in [6.45, 7) is 4.38. The first-order chi connectivity index (χ1) is 10.7. The van der Waals surface area contributed by atoms with Gasteiger partial charge in [0.1, 0.15) is 0 Å². The Labute approximate surface area is 132 Å². The highest BCUT2D eigenvalue weighted by Gasteiger charge is 2.15. The summed E-state index contributed by atoms with van der Waals surface area (Å²) in [5, 5.41) is 5.48. The second-order valence-corrected chi connectivity index (χ2v) is 7.09. The molecule has 0 radical (unpaired) electrons. The molecule has 1 nitrogen and oxygen atoms in total. The zero-order chi connectivity index (χ0) is 14.8. The number of aryl methyl sites for hydroxylation is 2. The Kier molecular flexibility index (Phi) is 2.29. The number of fused-ring (bicyclic) bond motifs is 7. The summed E-state index contributed by atoms with van der Waals surface area (Å²) in [5.74, 6) is 0. The van der Waals surface area contributed by atoms with E-state index in [9.17, 15) is 0 Å². The largest absolute Gasteiger partial charge is 0.354 e. The van der Waals surface area contributed by atoms with Crippen molar-refractivity contribution in [3.05, 3.63) is 59.7 Å². The first-order valence-electron chi connectivity index (χ1n) is 7.56. The highest BCUT2D eigenvalue weighted by Crippen LogP contribution is 2.42. The number of hydrogen-bond donors (Lipinski definition) is 1. The maximum atomic E-state index is 3.66. The smallest absolute Gasteiger partial charge is 0.0509 e. The van der Waals surface area contributed by atoms with Crippen molar-refractivity contribution in [1.29, 1.82) is 0 Å². The van der Waals surface area contributed by atoms with Crippen molar-refractivity contribution < 1.29 is 0 Å². The summed E-state index contributed by atoms with van der Waals surface area (Å²) < 4.78 is 2.77. The molecule has 0 saturated carbocycles. The molecule has 5 rings (SSSR count). The van der Waals surface area contributed by atoms with E-state index >= 15 is 0 Å². The molecule has 0 atom stereocenters. The van der Waals surface area contributed by atoms with Crippen LogP contribution in [0.1, 0.15) is 11.1 Å². The molecular formula is C20H15NS. The van der Waals surface area contributed by atoms with Gasteiger partial charge in [-0.2, -0.15) is 0 Å². The lowest BCUT2D eigenvalue weighted by atomic mass is 10.0. The lowest BCUT2D eigenvalue weighted by Crippen LogP contribution is -1.77. The Hall–Kier alpha value is -2.32. The fraction of sp³-hybridized carbons (Fsp3) is 0.100. The van der Waals surface area contributed by atoms with Gasteiger partial charge in [-0.1, -0.05) is 36.4 Å². The summed E-state index contributed by atoms with van der Waals surface area (Å²) in [6, 6.07) is 17.6. The van der Waals surface area contributed by atoms with Gasteiger partial charge in [0, 0.05) is 36.5 Å². The van der Waals surface area contributed by atoms with E-state index in [0.29, 0.717) is 0 Å². The van der Waals surface area contributed by atoms with Gasteiger partial charge in [-0.05, 0) is 37.1 Å². The van der Waals surface area contributed by atoms with E-state index < -0.39 is 0 Å². The molecule has 0 amide bonds. The standard InChI is InChI=1S/C20H15NS/c1-11-6-5-8-14-17-19(21-18(11)14)12(2)10-15-13-7-3-4-9-16(13)22-20(15)17/h3-10,21H,1-2H3. The number of hydrogen-bond acceptors (Lipinski definition) is 1. The molecule has 0 bridgehead atoms. The van der Waals surface area contributed by atoms with Crippen LogP contribution in [0.3, 0.4) is 0 Å². The van der Waals surface area contributed by atoms with E-state index in [1.807, 2.05) is 11.3 Å². The third-order valence-corrected chi connectivity index (χ3v) is 5.86. The average molecular weight is 301 g/mol. The molecule has 106 valence electrons. The Bertz CT molecular complexity index is 1190. The van der Waals surface area contributed by atoms with Crippen LogP contribution in [-0.4, -0.2) is 4.98 Å². The molecule has 22 heavy (non-hydrogen) atoms. The summed E-state index contributed by atoms with van der Waals surface area (Å²) in [5.41, 5.74) is 5.18. The van der Waals surface area contributed by atoms with Crippen molar-refractivity contribution >= 4 is 53.3 Å². The van der Waals surface area contributed by atoms with Gasteiger partial charge in [0.2, 0.25) is 0 Å². The predicted molar refractivity (Wildman–Crippen MR) is 98.2 cm³/mol. The quantitative estimate of drug-likeness (QED) is 0.345. The van der Waals surface area contributed by atoms with Crippen molar-refractivity contribution in [2.45, 2.75) is 13.8 Å².